The van der Waals surface area contributed by atoms with Gasteiger partial charge in [-0.3, -0.25) is 9.67 Å². The fourth-order valence-corrected chi connectivity index (χ4v) is 3.72. The van der Waals surface area contributed by atoms with Gasteiger partial charge in [0.15, 0.2) is 5.96 Å². The number of benzene rings is 1. The Balaban J connectivity index is 1.44. The van der Waals surface area contributed by atoms with Gasteiger partial charge in [0.25, 0.3) is 0 Å². The number of aryl methyl sites for hydroxylation is 1. The van der Waals surface area contributed by atoms with E-state index in [1.807, 2.05) is 31.7 Å². The van der Waals surface area contributed by atoms with E-state index in [4.69, 9.17) is 9.73 Å². The van der Waals surface area contributed by atoms with Crippen LogP contribution < -0.4 is 5.32 Å². The van der Waals surface area contributed by atoms with Gasteiger partial charge in [-0.15, -0.1) is 0 Å². The Morgan fingerprint density at radius 2 is 2.34 bits per heavy atom. The third-order valence-electron chi connectivity index (χ3n) is 5.17. The Hall–Kier alpha value is -2.87. The number of H-pyrrole nitrogens is 1. The molecular formula is C21H27FN6O. The van der Waals surface area contributed by atoms with Crippen molar-refractivity contribution < 1.29 is 9.13 Å². The summed E-state index contributed by atoms with van der Waals surface area (Å²) in [7, 11) is 1.91. The molecule has 0 radical (unpaired) electrons. The highest BCUT2D eigenvalue weighted by Crippen LogP contribution is 2.22. The van der Waals surface area contributed by atoms with Crippen molar-refractivity contribution in [1.82, 2.24) is 25.0 Å². The maximum Gasteiger partial charge on any atom is 0.194 e. The van der Waals surface area contributed by atoms with Crippen LogP contribution in [0, 0.1) is 5.82 Å². The average molecular weight is 398 g/mol. The van der Waals surface area contributed by atoms with Crippen molar-refractivity contribution in [2.24, 2.45) is 12.0 Å². The summed E-state index contributed by atoms with van der Waals surface area (Å²) in [5, 5.41) is 8.70. The summed E-state index contributed by atoms with van der Waals surface area (Å²) in [4.78, 5) is 10.2. The van der Waals surface area contributed by atoms with Gasteiger partial charge < -0.3 is 19.9 Å². The number of ether oxygens (including phenoxy) is 1. The summed E-state index contributed by atoms with van der Waals surface area (Å²) in [5.74, 6) is 0.671. The smallest absolute Gasteiger partial charge is 0.194 e. The highest BCUT2D eigenvalue weighted by atomic mass is 19.1. The summed E-state index contributed by atoms with van der Waals surface area (Å²) in [6, 6.07) is 4.85. The lowest BCUT2D eigenvalue weighted by Gasteiger charge is -2.34. The zero-order valence-electron chi connectivity index (χ0n) is 16.9. The molecule has 0 bridgehead atoms. The maximum atomic E-state index is 13.4. The second kappa shape index (κ2) is 8.65. The Bertz CT molecular complexity index is 994. The van der Waals surface area contributed by atoms with Crippen LogP contribution >= 0.6 is 0 Å². The third kappa shape index (κ3) is 4.42. The number of aliphatic imine (C=N–C) groups is 1. The predicted octanol–water partition coefficient (Wildman–Crippen LogP) is 2.62. The van der Waals surface area contributed by atoms with Crippen molar-refractivity contribution in [3.8, 4) is 0 Å². The molecule has 1 aromatic carbocycles. The van der Waals surface area contributed by atoms with Crippen LogP contribution in [0.25, 0.3) is 10.9 Å². The van der Waals surface area contributed by atoms with Crippen LogP contribution in [-0.2, 0) is 18.2 Å². The fraction of sp³-hybridized carbons (Fsp3) is 0.429. The Morgan fingerprint density at radius 3 is 3.14 bits per heavy atom. The standard InChI is InChI=1S/C21H27FN6O/c1-3-23-21(28-8-9-29-20(14-28)16-12-26-27(2)13-16)24-7-6-15-11-25-19-10-17(22)4-5-18(15)19/h4-5,10-13,20,25H,3,6-9,14H2,1-2H3,(H,23,24). The molecule has 154 valence electrons. The number of nitrogens with zero attached hydrogens (tertiary/aromatic N) is 4. The van der Waals surface area contributed by atoms with E-state index in [1.165, 1.54) is 12.1 Å². The lowest BCUT2D eigenvalue weighted by atomic mass is 10.1. The summed E-state index contributed by atoms with van der Waals surface area (Å²) >= 11 is 0. The van der Waals surface area contributed by atoms with Crippen molar-refractivity contribution in [2.75, 3.05) is 32.8 Å². The SMILES string of the molecule is CCNC(=NCCc1c[nH]c2cc(F)ccc12)N1CCOC(c2cnn(C)c2)C1. The lowest BCUT2D eigenvalue weighted by molar-refractivity contribution is -0.00803. The van der Waals surface area contributed by atoms with Crippen molar-refractivity contribution in [3.63, 3.8) is 0 Å². The molecule has 0 spiro atoms. The van der Waals surface area contributed by atoms with E-state index in [0.717, 1.165) is 54.0 Å². The summed E-state index contributed by atoms with van der Waals surface area (Å²) in [6.45, 7) is 5.72. The first-order chi connectivity index (χ1) is 14.1. The molecule has 1 fully saturated rings. The first-order valence-electron chi connectivity index (χ1n) is 10.0. The van der Waals surface area contributed by atoms with Crippen molar-refractivity contribution in [1.29, 1.82) is 0 Å². The molecule has 3 heterocycles. The van der Waals surface area contributed by atoms with Crippen molar-refractivity contribution >= 4 is 16.9 Å². The van der Waals surface area contributed by atoms with Crippen LogP contribution in [0.15, 0.2) is 41.8 Å². The zero-order valence-corrected chi connectivity index (χ0v) is 16.9. The van der Waals surface area contributed by atoms with E-state index < -0.39 is 0 Å². The van der Waals surface area contributed by atoms with Gasteiger partial charge in [-0.25, -0.2) is 4.39 Å². The molecule has 7 nitrogen and oxygen atoms in total. The van der Waals surface area contributed by atoms with E-state index in [-0.39, 0.29) is 11.9 Å². The number of hydrogen-bond donors (Lipinski definition) is 2. The van der Waals surface area contributed by atoms with E-state index in [0.29, 0.717) is 13.2 Å². The second-order valence-corrected chi connectivity index (χ2v) is 7.24. The quantitative estimate of drug-likeness (QED) is 0.512. The number of nitrogens with one attached hydrogen (secondary N) is 2. The van der Waals surface area contributed by atoms with Crippen LogP contribution in [0.4, 0.5) is 4.39 Å². The minimum Gasteiger partial charge on any atom is -0.370 e. The van der Waals surface area contributed by atoms with Gasteiger partial charge in [0.2, 0.25) is 0 Å². The number of aromatic amines is 1. The predicted molar refractivity (Wildman–Crippen MR) is 111 cm³/mol. The Kier molecular flexibility index (Phi) is 5.80. The molecule has 1 aliphatic rings. The first-order valence-corrected chi connectivity index (χ1v) is 10.0. The van der Waals surface area contributed by atoms with Gasteiger partial charge in [-0.1, -0.05) is 0 Å². The molecule has 29 heavy (non-hydrogen) atoms. The summed E-state index contributed by atoms with van der Waals surface area (Å²) < 4.78 is 21.1. The van der Waals surface area contributed by atoms with Crippen molar-refractivity contribution in [2.45, 2.75) is 19.4 Å². The summed E-state index contributed by atoms with van der Waals surface area (Å²) in [6.07, 6.45) is 6.58. The molecule has 1 aliphatic heterocycles. The van der Waals surface area contributed by atoms with Gasteiger partial charge in [-0.05, 0) is 37.1 Å². The van der Waals surface area contributed by atoms with Crippen LogP contribution in [0.5, 0.6) is 0 Å². The van der Waals surface area contributed by atoms with Crippen molar-refractivity contribution in [3.05, 3.63) is 53.7 Å². The molecular weight excluding hydrogens is 371 g/mol. The monoisotopic (exact) mass is 398 g/mol. The number of morpholine rings is 1. The van der Waals surface area contributed by atoms with Crippen LogP contribution in [-0.4, -0.2) is 58.4 Å². The van der Waals surface area contributed by atoms with E-state index in [9.17, 15) is 4.39 Å². The van der Waals surface area contributed by atoms with Crippen LogP contribution in [0.2, 0.25) is 0 Å². The molecule has 2 aromatic heterocycles. The number of rotatable bonds is 5. The maximum absolute atomic E-state index is 13.4. The molecule has 1 unspecified atom stereocenters. The third-order valence-corrected chi connectivity index (χ3v) is 5.17. The molecule has 1 atom stereocenters. The second-order valence-electron chi connectivity index (χ2n) is 7.24. The number of guanidine groups is 1. The minimum absolute atomic E-state index is 0.00943. The highest BCUT2D eigenvalue weighted by Gasteiger charge is 2.25. The average Bonchev–Trinajstić information content (AvgIpc) is 3.33. The number of halogens is 1. The first kappa shape index (κ1) is 19.4. The number of hydrogen-bond acceptors (Lipinski definition) is 3. The largest absolute Gasteiger partial charge is 0.370 e. The van der Waals surface area contributed by atoms with Gasteiger partial charge in [-0.2, -0.15) is 5.10 Å². The Labute approximate surface area is 169 Å². The van der Waals surface area contributed by atoms with Gasteiger partial charge in [0, 0.05) is 55.5 Å². The van der Waals surface area contributed by atoms with Gasteiger partial charge in [0.05, 0.1) is 19.3 Å². The van der Waals surface area contributed by atoms with Gasteiger partial charge in [0.1, 0.15) is 11.9 Å². The van der Waals surface area contributed by atoms with E-state index in [2.05, 4.69) is 27.2 Å². The van der Waals surface area contributed by atoms with Crippen LogP contribution in [0.3, 0.4) is 0 Å². The highest BCUT2D eigenvalue weighted by molar-refractivity contribution is 5.83. The molecule has 0 aliphatic carbocycles. The Morgan fingerprint density at radius 1 is 1.45 bits per heavy atom. The molecule has 4 rings (SSSR count). The fourth-order valence-electron chi connectivity index (χ4n) is 3.72. The molecule has 1 saturated heterocycles. The topological polar surface area (TPSA) is 70.5 Å². The molecule has 3 aromatic rings. The van der Waals surface area contributed by atoms with E-state index >= 15 is 0 Å². The zero-order chi connectivity index (χ0) is 20.2. The molecule has 8 heteroatoms. The minimum atomic E-state index is -0.228. The normalized spacial score (nSPS) is 17.8. The lowest BCUT2D eigenvalue weighted by Crippen LogP contribution is -2.48. The molecule has 0 saturated carbocycles. The van der Waals surface area contributed by atoms with Crippen LogP contribution in [0.1, 0.15) is 24.2 Å². The number of aromatic nitrogens is 3. The van der Waals surface area contributed by atoms with Gasteiger partial charge >= 0.3 is 0 Å². The molecule has 0 amide bonds. The van der Waals surface area contributed by atoms with E-state index in [1.54, 1.807) is 4.68 Å². The number of fused-ring (bicyclic) bond motifs is 1. The molecule has 2 N–H and O–H groups in total. The summed E-state index contributed by atoms with van der Waals surface area (Å²) in [5.41, 5.74) is 3.05.